The van der Waals surface area contributed by atoms with Crippen LogP contribution in [0.3, 0.4) is 0 Å². The minimum Gasteiger partial charge on any atom is -0.378 e. The molecule has 1 fully saturated rings. The van der Waals surface area contributed by atoms with Crippen molar-refractivity contribution in [1.82, 2.24) is 10.2 Å². The SMILES string of the molecule is c1cnnc(CC2CCCO2)c1. The van der Waals surface area contributed by atoms with Crippen LogP contribution in [0.1, 0.15) is 18.5 Å². The van der Waals surface area contributed by atoms with Gasteiger partial charge in [-0.25, -0.2) is 0 Å². The van der Waals surface area contributed by atoms with Gasteiger partial charge < -0.3 is 4.74 Å². The minimum atomic E-state index is 0.377. The lowest BCUT2D eigenvalue weighted by atomic mass is 10.1. The number of rotatable bonds is 2. The van der Waals surface area contributed by atoms with Gasteiger partial charge in [0.1, 0.15) is 0 Å². The molecule has 0 N–H and O–H groups in total. The van der Waals surface area contributed by atoms with Crippen molar-refractivity contribution in [2.75, 3.05) is 6.61 Å². The fourth-order valence-corrected chi connectivity index (χ4v) is 1.48. The molecule has 0 amide bonds. The Morgan fingerprint density at radius 2 is 2.58 bits per heavy atom. The van der Waals surface area contributed by atoms with Gasteiger partial charge in [-0.15, -0.1) is 0 Å². The van der Waals surface area contributed by atoms with Crippen LogP contribution in [-0.4, -0.2) is 22.9 Å². The van der Waals surface area contributed by atoms with Crippen molar-refractivity contribution in [3.63, 3.8) is 0 Å². The summed E-state index contributed by atoms with van der Waals surface area (Å²) in [5, 5.41) is 7.83. The largest absolute Gasteiger partial charge is 0.378 e. The summed E-state index contributed by atoms with van der Waals surface area (Å²) in [5.41, 5.74) is 1.03. The lowest BCUT2D eigenvalue weighted by Gasteiger charge is -2.06. The summed E-state index contributed by atoms with van der Waals surface area (Å²) in [5.74, 6) is 0. The second kappa shape index (κ2) is 3.63. The maximum Gasteiger partial charge on any atom is 0.0656 e. The van der Waals surface area contributed by atoms with E-state index in [1.165, 1.54) is 6.42 Å². The molecule has 1 aromatic heterocycles. The van der Waals surface area contributed by atoms with E-state index in [-0.39, 0.29) is 0 Å². The molecule has 64 valence electrons. The monoisotopic (exact) mass is 164 g/mol. The third-order valence-corrected chi connectivity index (χ3v) is 2.09. The van der Waals surface area contributed by atoms with Gasteiger partial charge in [-0.2, -0.15) is 10.2 Å². The molecule has 1 aliphatic heterocycles. The lowest BCUT2D eigenvalue weighted by Crippen LogP contribution is -2.10. The summed E-state index contributed by atoms with van der Waals surface area (Å²) in [6, 6.07) is 3.91. The number of aromatic nitrogens is 2. The molecule has 1 aromatic rings. The molecule has 0 aromatic carbocycles. The highest BCUT2D eigenvalue weighted by atomic mass is 16.5. The van der Waals surface area contributed by atoms with Crippen molar-refractivity contribution in [1.29, 1.82) is 0 Å². The van der Waals surface area contributed by atoms with Crippen LogP contribution in [0.15, 0.2) is 18.3 Å². The Labute approximate surface area is 71.8 Å². The Bertz CT molecular complexity index is 232. The van der Waals surface area contributed by atoms with Crippen molar-refractivity contribution in [2.24, 2.45) is 0 Å². The van der Waals surface area contributed by atoms with E-state index < -0.39 is 0 Å². The first-order chi connectivity index (χ1) is 5.95. The van der Waals surface area contributed by atoms with E-state index in [0.29, 0.717) is 6.10 Å². The van der Waals surface area contributed by atoms with Crippen LogP contribution < -0.4 is 0 Å². The molecule has 1 unspecified atom stereocenters. The summed E-state index contributed by atoms with van der Waals surface area (Å²) in [6.45, 7) is 0.908. The normalized spacial score (nSPS) is 22.8. The van der Waals surface area contributed by atoms with E-state index in [1.54, 1.807) is 6.20 Å². The molecule has 0 saturated carbocycles. The van der Waals surface area contributed by atoms with Gasteiger partial charge in [-0.1, -0.05) is 0 Å². The Balaban J connectivity index is 1.94. The number of hydrogen-bond acceptors (Lipinski definition) is 3. The zero-order valence-electron chi connectivity index (χ0n) is 6.94. The first-order valence-corrected chi connectivity index (χ1v) is 4.33. The molecule has 0 radical (unpaired) electrons. The van der Waals surface area contributed by atoms with Crippen LogP contribution in [0, 0.1) is 0 Å². The van der Waals surface area contributed by atoms with Gasteiger partial charge in [0.2, 0.25) is 0 Å². The zero-order valence-corrected chi connectivity index (χ0v) is 6.94. The van der Waals surface area contributed by atoms with Crippen molar-refractivity contribution in [2.45, 2.75) is 25.4 Å². The van der Waals surface area contributed by atoms with Crippen molar-refractivity contribution >= 4 is 0 Å². The first-order valence-electron chi connectivity index (χ1n) is 4.33. The molecule has 3 heteroatoms. The quantitative estimate of drug-likeness (QED) is 0.658. The average molecular weight is 164 g/mol. The number of nitrogens with zero attached hydrogens (tertiary/aromatic N) is 2. The fraction of sp³-hybridized carbons (Fsp3) is 0.556. The molecule has 2 heterocycles. The summed E-state index contributed by atoms with van der Waals surface area (Å²) < 4.78 is 5.49. The highest BCUT2D eigenvalue weighted by Gasteiger charge is 2.16. The van der Waals surface area contributed by atoms with Gasteiger partial charge in [0.15, 0.2) is 0 Å². The van der Waals surface area contributed by atoms with Gasteiger partial charge in [0, 0.05) is 19.2 Å². The molecule has 12 heavy (non-hydrogen) atoms. The minimum absolute atomic E-state index is 0.377. The zero-order chi connectivity index (χ0) is 8.23. The molecule has 1 atom stereocenters. The predicted octanol–water partition coefficient (Wildman–Crippen LogP) is 1.20. The highest BCUT2D eigenvalue weighted by molar-refractivity contribution is 5.00. The van der Waals surface area contributed by atoms with Crippen LogP contribution in [0.25, 0.3) is 0 Å². The third-order valence-electron chi connectivity index (χ3n) is 2.09. The molecular formula is C9H12N2O. The first kappa shape index (κ1) is 7.68. The topological polar surface area (TPSA) is 35.0 Å². The van der Waals surface area contributed by atoms with Gasteiger partial charge >= 0.3 is 0 Å². The van der Waals surface area contributed by atoms with E-state index in [4.69, 9.17) is 4.74 Å². The molecular weight excluding hydrogens is 152 g/mol. The van der Waals surface area contributed by atoms with Gasteiger partial charge in [-0.05, 0) is 25.0 Å². The van der Waals surface area contributed by atoms with Crippen molar-refractivity contribution in [3.8, 4) is 0 Å². The predicted molar refractivity (Wildman–Crippen MR) is 44.7 cm³/mol. The van der Waals surface area contributed by atoms with Crippen LogP contribution in [-0.2, 0) is 11.2 Å². The summed E-state index contributed by atoms with van der Waals surface area (Å²) >= 11 is 0. The molecule has 1 aliphatic rings. The smallest absolute Gasteiger partial charge is 0.0656 e. The fourth-order valence-electron chi connectivity index (χ4n) is 1.48. The van der Waals surface area contributed by atoms with E-state index >= 15 is 0 Å². The van der Waals surface area contributed by atoms with E-state index in [1.807, 2.05) is 12.1 Å². The number of ether oxygens (including phenoxy) is 1. The second-order valence-electron chi connectivity index (χ2n) is 3.05. The molecule has 0 bridgehead atoms. The summed E-state index contributed by atoms with van der Waals surface area (Å²) in [6.07, 6.45) is 5.33. The third kappa shape index (κ3) is 1.80. The molecule has 1 saturated heterocycles. The Hall–Kier alpha value is -0.960. The van der Waals surface area contributed by atoms with Crippen molar-refractivity contribution in [3.05, 3.63) is 24.0 Å². The number of hydrogen-bond donors (Lipinski definition) is 0. The lowest BCUT2D eigenvalue weighted by molar-refractivity contribution is 0.110. The molecule has 0 aliphatic carbocycles. The van der Waals surface area contributed by atoms with Gasteiger partial charge in [0.05, 0.1) is 11.8 Å². The maximum absolute atomic E-state index is 5.49. The summed E-state index contributed by atoms with van der Waals surface area (Å²) in [4.78, 5) is 0. The second-order valence-corrected chi connectivity index (χ2v) is 3.05. The maximum atomic E-state index is 5.49. The van der Waals surface area contributed by atoms with Crippen LogP contribution in [0.5, 0.6) is 0 Å². The standard InChI is InChI=1S/C9H12N2O/c1-3-8(11-10-5-1)7-9-4-2-6-12-9/h1,3,5,9H,2,4,6-7H2. The molecule has 3 nitrogen and oxygen atoms in total. The molecule has 0 spiro atoms. The van der Waals surface area contributed by atoms with E-state index in [0.717, 1.165) is 25.1 Å². The van der Waals surface area contributed by atoms with Gasteiger partial charge in [0.25, 0.3) is 0 Å². The highest BCUT2D eigenvalue weighted by Crippen LogP contribution is 2.15. The van der Waals surface area contributed by atoms with E-state index in [2.05, 4.69) is 10.2 Å². The van der Waals surface area contributed by atoms with E-state index in [9.17, 15) is 0 Å². The van der Waals surface area contributed by atoms with Crippen LogP contribution in [0.4, 0.5) is 0 Å². The van der Waals surface area contributed by atoms with Crippen LogP contribution >= 0.6 is 0 Å². The average Bonchev–Trinajstić information content (AvgIpc) is 2.59. The summed E-state index contributed by atoms with van der Waals surface area (Å²) in [7, 11) is 0. The Morgan fingerprint density at radius 1 is 1.58 bits per heavy atom. The van der Waals surface area contributed by atoms with Crippen molar-refractivity contribution < 1.29 is 4.74 Å². The van der Waals surface area contributed by atoms with Gasteiger partial charge in [-0.3, -0.25) is 0 Å². The molecule has 2 rings (SSSR count). The van der Waals surface area contributed by atoms with Crippen LogP contribution in [0.2, 0.25) is 0 Å². The Morgan fingerprint density at radius 3 is 3.25 bits per heavy atom. The Kier molecular flexibility index (Phi) is 2.32.